The Bertz CT molecular complexity index is 1100. The molecule has 3 aromatic rings. The second kappa shape index (κ2) is 9.32. The van der Waals surface area contributed by atoms with E-state index in [9.17, 15) is 17.6 Å². The van der Waals surface area contributed by atoms with E-state index in [0.717, 1.165) is 25.7 Å². The van der Waals surface area contributed by atoms with Crippen molar-refractivity contribution in [1.82, 2.24) is 9.97 Å². The third-order valence-corrected chi connectivity index (χ3v) is 5.47. The van der Waals surface area contributed by atoms with Crippen LogP contribution in [0, 0.1) is 5.82 Å². The van der Waals surface area contributed by atoms with Gasteiger partial charge in [-0.15, -0.1) is 13.2 Å². The zero-order valence-corrected chi connectivity index (χ0v) is 18.3. The van der Waals surface area contributed by atoms with Crippen molar-refractivity contribution in [2.24, 2.45) is 0 Å². The SMILES string of the molecule is Fc1cc(Br)ccc1Nc1cc(-c2cccc(OC(F)(F)F)c2)nc(NC2CCCC2)n1. The Balaban J connectivity index is 1.69. The zero-order valence-electron chi connectivity index (χ0n) is 16.7. The summed E-state index contributed by atoms with van der Waals surface area (Å²) >= 11 is 3.22. The van der Waals surface area contributed by atoms with E-state index in [4.69, 9.17) is 0 Å². The van der Waals surface area contributed by atoms with Crippen molar-refractivity contribution in [3.05, 3.63) is 58.8 Å². The molecule has 1 aliphatic rings. The second-order valence-electron chi connectivity index (χ2n) is 7.41. The van der Waals surface area contributed by atoms with Gasteiger partial charge < -0.3 is 15.4 Å². The number of nitrogens with one attached hydrogen (secondary N) is 2. The number of alkyl halides is 3. The number of benzene rings is 2. The summed E-state index contributed by atoms with van der Waals surface area (Å²) in [5.41, 5.74) is 0.981. The summed E-state index contributed by atoms with van der Waals surface area (Å²) in [6.45, 7) is 0. The van der Waals surface area contributed by atoms with E-state index in [0.29, 0.717) is 27.5 Å². The molecule has 0 spiro atoms. The van der Waals surface area contributed by atoms with Crippen LogP contribution in [0.25, 0.3) is 11.3 Å². The fourth-order valence-corrected chi connectivity index (χ4v) is 3.89. The smallest absolute Gasteiger partial charge is 0.406 e. The third kappa shape index (κ3) is 5.87. The van der Waals surface area contributed by atoms with E-state index in [-0.39, 0.29) is 17.5 Å². The summed E-state index contributed by atoms with van der Waals surface area (Å²) < 4.78 is 56.8. The first kappa shape index (κ1) is 22.3. The maximum absolute atomic E-state index is 14.3. The van der Waals surface area contributed by atoms with Gasteiger partial charge in [0, 0.05) is 22.1 Å². The lowest BCUT2D eigenvalue weighted by molar-refractivity contribution is -0.274. The predicted molar refractivity (Wildman–Crippen MR) is 117 cm³/mol. The maximum Gasteiger partial charge on any atom is 0.573 e. The van der Waals surface area contributed by atoms with Crippen molar-refractivity contribution in [2.45, 2.75) is 38.1 Å². The highest BCUT2D eigenvalue weighted by Gasteiger charge is 2.31. The van der Waals surface area contributed by atoms with Gasteiger partial charge in [0.25, 0.3) is 0 Å². The van der Waals surface area contributed by atoms with Gasteiger partial charge in [0.1, 0.15) is 17.4 Å². The largest absolute Gasteiger partial charge is 0.573 e. The van der Waals surface area contributed by atoms with Crippen LogP contribution in [-0.4, -0.2) is 22.4 Å². The van der Waals surface area contributed by atoms with Gasteiger partial charge in [-0.05, 0) is 43.2 Å². The first-order valence-corrected chi connectivity index (χ1v) is 10.8. The average Bonchev–Trinajstić information content (AvgIpc) is 3.22. The van der Waals surface area contributed by atoms with Gasteiger partial charge in [-0.2, -0.15) is 4.98 Å². The molecule has 10 heteroatoms. The fraction of sp³-hybridized carbons (Fsp3) is 0.273. The molecule has 1 saturated carbocycles. The van der Waals surface area contributed by atoms with Crippen molar-refractivity contribution in [3.8, 4) is 17.0 Å². The lowest BCUT2D eigenvalue weighted by atomic mass is 10.1. The standard InChI is InChI=1S/C22H19BrF4N4O/c23-14-8-9-18(17(24)11-14)29-20-12-19(30-21(31-20)28-15-5-1-2-6-15)13-4-3-7-16(10-13)32-22(25,26)27/h3-4,7-12,15H,1-2,5-6H2,(H2,28,29,30,31). The molecule has 2 aromatic carbocycles. The molecule has 0 radical (unpaired) electrons. The summed E-state index contributed by atoms with van der Waals surface area (Å²) in [6, 6.07) is 11.9. The summed E-state index contributed by atoms with van der Waals surface area (Å²) in [5, 5.41) is 6.21. The van der Waals surface area contributed by atoms with Gasteiger partial charge in [-0.1, -0.05) is 40.9 Å². The van der Waals surface area contributed by atoms with E-state index >= 15 is 0 Å². The molecule has 0 unspecified atom stereocenters. The van der Waals surface area contributed by atoms with Gasteiger partial charge in [-0.25, -0.2) is 9.37 Å². The molecule has 1 fully saturated rings. The molecule has 0 saturated heterocycles. The van der Waals surface area contributed by atoms with Crippen LogP contribution >= 0.6 is 15.9 Å². The topological polar surface area (TPSA) is 59.1 Å². The maximum atomic E-state index is 14.3. The second-order valence-corrected chi connectivity index (χ2v) is 8.33. The summed E-state index contributed by atoms with van der Waals surface area (Å²) in [4.78, 5) is 8.92. The number of hydrogen-bond donors (Lipinski definition) is 2. The minimum Gasteiger partial charge on any atom is -0.406 e. The monoisotopic (exact) mass is 510 g/mol. The van der Waals surface area contributed by atoms with E-state index in [1.807, 2.05) is 0 Å². The highest BCUT2D eigenvalue weighted by atomic mass is 79.9. The van der Waals surface area contributed by atoms with Crippen molar-refractivity contribution in [2.75, 3.05) is 10.6 Å². The van der Waals surface area contributed by atoms with Gasteiger partial charge in [-0.3, -0.25) is 0 Å². The van der Waals surface area contributed by atoms with E-state index in [1.165, 1.54) is 24.3 Å². The molecule has 0 bridgehead atoms. The minimum absolute atomic E-state index is 0.207. The Labute approximate surface area is 190 Å². The number of halogens is 5. The minimum atomic E-state index is -4.80. The highest BCUT2D eigenvalue weighted by Crippen LogP contribution is 2.31. The molecule has 0 atom stereocenters. The Morgan fingerprint density at radius 2 is 1.78 bits per heavy atom. The van der Waals surface area contributed by atoms with E-state index in [1.54, 1.807) is 24.3 Å². The van der Waals surface area contributed by atoms with Crippen LogP contribution in [0.5, 0.6) is 5.75 Å². The first-order valence-electron chi connectivity index (χ1n) is 9.99. The van der Waals surface area contributed by atoms with Crippen LogP contribution in [0.2, 0.25) is 0 Å². The molecule has 4 rings (SSSR count). The van der Waals surface area contributed by atoms with Crippen LogP contribution in [-0.2, 0) is 0 Å². The molecule has 32 heavy (non-hydrogen) atoms. The number of ether oxygens (including phenoxy) is 1. The molecule has 2 N–H and O–H groups in total. The molecule has 5 nitrogen and oxygen atoms in total. The van der Waals surface area contributed by atoms with Crippen LogP contribution < -0.4 is 15.4 Å². The molecule has 1 aliphatic carbocycles. The Hall–Kier alpha value is -2.88. The van der Waals surface area contributed by atoms with E-state index < -0.39 is 12.2 Å². The van der Waals surface area contributed by atoms with E-state index in [2.05, 4.69) is 41.3 Å². The summed E-state index contributed by atoms with van der Waals surface area (Å²) in [7, 11) is 0. The average molecular weight is 511 g/mol. The quantitative estimate of drug-likeness (QED) is 0.348. The molecule has 0 aliphatic heterocycles. The van der Waals surface area contributed by atoms with Gasteiger partial charge >= 0.3 is 6.36 Å². The zero-order chi connectivity index (χ0) is 22.7. The Morgan fingerprint density at radius 3 is 2.50 bits per heavy atom. The first-order chi connectivity index (χ1) is 15.2. The normalized spacial score (nSPS) is 14.4. The van der Waals surface area contributed by atoms with Crippen molar-refractivity contribution in [3.63, 3.8) is 0 Å². The number of anilines is 3. The van der Waals surface area contributed by atoms with Crippen LogP contribution in [0.1, 0.15) is 25.7 Å². The number of nitrogens with zero attached hydrogens (tertiary/aromatic N) is 2. The van der Waals surface area contributed by atoms with Crippen molar-refractivity contribution in [1.29, 1.82) is 0 Å². The number of rotatable bonds is 6. The Morgan fingerprint density at radius 1 is 1.00 bits per heavy atom. The van der Waals surface area contributed by atoms with Crippen molar-refractivity contribution >= 4 is 33.4 Å². The Kier molecular flexibility index (Phi) is 6.50. The molecule has 1 heterocycles. The summed E-state index contributed by atoms with van der Waals surface area (Å²) in [6.07, 6.45) is -0.642. The molecule has 168 valence electrons. The third-order valence-electron chi connectivity index (χ3n) is 4.97. The van der Waals surface area contributed by atoms with Gasteiger partial charge in [0.05, 0.1) is 11.4 Å². The van der Waals surface area contributed by atoms with Crippen LogP contribution in [0.4, 0.5) is 35.0 Å². The number of aromatic nitrogens is 2. The van der Waals surface area contributed by atoms with Gasteiger partial charge in [0.15, 0.2) is 0 Å². The van der Waals surface area contributed by atoms with Crippen LogP contribution in [0.3, 0.4) is 0 Å². The lowest BCUT2D eigenvalue weighted by Crippen LogP contribution is -2.17. The summed E-state index contributed by atoms with van der Waals surface area (Å²) in [5.74, 6) is -0.215. The highest BCUT2D eigenvalue weighted by molar-refractivity contribution is 9.10. The van der Waals surface area contributed by atoms with Crippen molar-refractivity contribution < 1.29 is 22.3 Å². The predicted octanol–water partition coefficient (Wildman–Crippen LogP) is 7.04. The fourth-order valence-electron chi connectivity index (χ4n) is 3.56. The lowest BCUT2D eigenvalue weighted by Gasteiger charge is -2.16. The number of hydrogen-bond acceptors (Lipinski definition) is 5. The van der Waals surface area contributed by atoms with Crippen LogP contribution in [0.15, 0.2) is 53.0 Å². The van der Waals surface area contributed by atoms with Gasteiger partial charge in [0.2, 0.25) is 5.95 Å². The molecular formula is C22H19BrF4N4O. The molecule has 1 aromatic heterocycles. The molecule has 0 amide bonds. The molecular weight excluding hydrogens is 492 g/mol.